The number of hydrogen-bond acceptors (Lipinski definition) is 5. The van der Waals surface area contributed by atoms with E-state index < -0.39 is 17.9 Å². The molecule has 0 aliphatic carbocycles. The van der Waals surface area contributed by atoms with Crippen LogP contribution in [0.25, 0.3) is 0 Å². The summed E-state index contributed by atoms with van der Waals surface area (Å²) in [5, 5.41) is 13.7. The summed E-state index contributed by atoms with van der Waals surface area (Å²) < 4.78 is 0. The lowest BCUT2D eigenvalue weighted by Crippen LogP contribution is -2.37. The van der Waals surface area contributed by atoms with E-state index in [9.17, 15) is 14.4 Å². The Bertz CT molecular complexity index is 516. The van der Waals surface area contributed by atoms with Gasteiger partial charge >= 0.3 is 5.97 Å². The Hall–Kier alpha value is -2.51. The molecule has 1 aliphatic heterocycles. The monoisotopic (exact) mass is 250 g/mol. The molecule has 8 heteroatoms. The first-order valence-electron chi connectivity index (χ1n) is 5.22. The first-order valence-corrected chi connectivity index (χ1v) is 5.22. The Morgan fingerprint density at radius 2 is 2.11 bits per heavy atom. The van der Waals surface area contributed by atoms with Crippen molar-refractivity contribution in [2.45, 2.75) is 18.9 Å². The van der Waals surface area contributed by atoms with Crippen LogP contribution in [0.15, 0.2) is 12.4 Å². The number of rotatable bonds is 3. The van der Waals surface area contributed by atoms with E-state index in [1.807, 2.05) is 0 Å². The molecule has 1 atom stereocenters. The fourth-order valence-electron chi connectivity index (χ4n) is 1.60. The maximum absolute atomic E-state index is 11.7. The van der Waals surface area contributed by atoms with E-state index in [0.29, 0.717) is 6.42 Å². The minimum atomic E-state index is -1.28. The van der Waals surface area contributed by atoms with E-state index in [0.717, 1.165) is 0 Å². The molecule has 0 aromatic carbocycles. The molecule has 2 heterocycles. The average molecular weight is 250 g/mol. The van der Waals surface area contributed by atoms with Gasteiger partial charge in [-0.3, -0.25) is 9.59 Å². The predicted octanol–water partition coefficient (Wildman–Crippen LogP) is -0.608. The van der Waals surface area contributed by atoms with Gasteiger partial charge in [0.25, 0.3) is 0 Å². The van der Waals surface area contributed by atoms with Gasteiger partial charge in [0.2, 0.25) is 11.8 Å². The summed E-state index contributed by atoms with van der Waals surface area (Å²) in [6.07, 6.45) is 3.16. The van der Waals surface area contributed by atoms with Crippen molar-refractivity contribution in [3.63, 3.8) is 0 Å². The number of nitrogens with zero attached hydrogens (tertiary/aromatic N) is 2. The van der Waals surface area contributed by atoms with Crippen LogP contribution in [0.3, 0.4) is 0 Å². The fraction of sp³-hybridized carbons (Fsp3) is 0.300. The second kappa shape index (κ2) is 4.78. The quantitative estimate of drug-likeness (QED) is 0.658. The van der Waals surface area contributed by atoms with E-state index in [2.05, 4.69) is 20.6 Å². The van der Waals surface area contributed by atoms with Crippen molar-refractivity contribution >= 4 is 23.6 Å². The third kappa shape index (κ3) is 2.42. The lowest BCUT2D eigenvalue weighted by molar-refractivity contribution is -0.122. The van der Waals surface area contributed by atoms with Crippen molar-refractivity contribution in [1.82, 2.24) is 15.3 Å². The normalized spacial score (nSPS) is 18.2. The smallest absolute Gasteiger partial charge is 0.358 e. The van der Waals surface area contributed by atoms with Gasteiger partial charge < -0.3 is 15.7 Å². The van der Waals surface area contributed by atoms with Crippen molar-refractivity contribution in [3.05, 3.63) is 18.1 Å². The first-order chi connectivity index (χ1) is 8.58. The molecule has 94 valence electrons. The lowest BCUT2D eigenvalue weighted by atomic mass is 10.2. The number of amides is 2. The third-order valence-electron chi connectivity index (χ3n) is 2.45. The largest absolute Gasteiger partial charge is 0.476 e. The molecule has 18 heavy (non-hydrogen) atoms. The zero-order chi connectivity index (χ0) is 13.1. The summed E-state index contributed by atoms with van der Waals surface area (Å²) in [7, 11) is 0. The van der Waals surface area contributed by atoms with Crippen LogP contribution in [0.2, 0.25) is 0 Å². The predicted molar refractivity (Wildman–Crippen MR) is 58.8 cm³/mol. The summed E-state index contributed by atoms with van der Waals surface area (Å²) in [6.45, 7) is 0. The fourth-order valence-corrected chi connectivity index (χ4v) is 1.60. The minimum Gasteiger partial charge on any atom is -0.476 e. The Kier molecular flexibility index (Phi) is 3.18. The van der Waals surface area contributed by atoms with Crippen LogP contribution < -0.4 is 10.6 Å². The van der Waals surface area contributed by atoms with Crippen LogP contribution in [0.4, 0.5) is 5.82 Å². The van der Waals surface area contributed by atoms with Crippen molar-refractivity contribution in [2.75, 3.05) is 5.32 Å². The van der Waals surface area contributed by atoms with Gasteiger partial charge in [0, 0.05) is 18.8 Å². The molecule has 0 radical (unpaired) electrons. The molecular formula is C10H10N4O4. The molecule has 0 bridgehead atoms. The molecule has 0 spiro atoms. The van der Waals surface area contributed by atoms with E-state index in [4.69, 9.17) is 5.11 Å². The Labute approximate surface area is 101 Å². The highest BCUT2D eigenvalue weighted by atomic mass is 16.4. The van der Waals surface area contributed by atoms with Gasteiger partial charge in [0.1, 0.15) is 6.04 Å². The summed E-state index contributed by atoms with van der Waals surface area (Å²) in [6, 6.07) is -0.652. The average Bonchev–Trinajstić information content (AvgIpc) is 2.76. The second-order valence-corrected chi connectivity index (χ2v) is 3.71. The summed E-state index contributed by atoms with van der Waals surface area (Å²) in [5.74, 6) is -2.11. The zero-order valence-electron chi connectivity index (χ0n) is 9.21. The number of nitrogens with one attached hydrogen (secondary N) is 2. The minimum absolute atomic E-state index is 0.129. The highest BCUT2D eigenvalue weighted by Crippen LogP contribution is 2.12. The van der Waals surface area contributed by atoms with Crippen LogP contribution in [-0.4, -0.2) is 38.9 Å². The van der Waals surface area contributed by atoms with Gasteiger partial charge in [0.05, 0.1) is 0 Å². The van der Waals surface area contributed by atoms with Crippen LogP contribution in [0.1, 0.15) is 23.3 Å². The Balaban J connectivity index is 2.12. The number of anilines is 1. The van der Waals surface area contributed by atoms with Crippen molar-refractivity contribution in [3.8, 4) is 0 Å². The molecule has 0 saturated carbocycles. The molecular weight excluding hydrogens is 240 g/mol. The second-order valence-electron chi connectivity index (χ2n) is 3.71. The number of carboxylic acids is 1. The molecule has 8 nitrogen and oxygen atoms in total. The first kappa shape index (κ1) is 12.0. The number of carboxylic acid groups (broad SMARTS) is 1. The SMILES string of the molecule is O=C1CCC(C(=O)Nc2nccnc2C(=O)O)N1. The van der Waals surface area contributed by atoms with Crippen LogP contribution >= 0.6 is 0 Å². The van der Waals surface area contributed by atoms with Gasteiger partial charge in [-0.05, 0) is 6.42 Å². The third-order valence-corrected chi connectivity index (χ3v) is 2.45. The molecule has 1 saturated heterocycles. The van der Waals surface area contributed by atoms with Crippen LogP contribution in [-0.2, 0) is 9.59 Å². The molecule has 2 rings (SSSR count). The topological polar surface area (TPSA) is 121 Å². The highest BCUT2D eigenvalue weighted by Gasteiger charge is 2.28. The molecule has 1 aromatic rings. The van der Waals surface area contributed by atoms with Gasteiger partial charge in [-0.1, -0.05) is 0 Å². The van der Waals surface area contributed by atoms with Crippen LogP contribution in [0, 0.1) is 0 Å². The van der Waals surface area contributed by atoms with Crippen molar-refractivity contribution in [1.29, 1.82) is 0 Å². The lowest BCUT2D eigenvalue weighted by Gasteiger charge is -2.10. The van der Waals surface area contributed by atoms with Gasteiger partial charge in [-0.15, -0.1) is 0 Å². The van der Waals surface area contributed by atoms with E-state index in [1.54, 1.807) is 0 Å². The molecule has 1 aliphatic rings. The number of carbonyl (C=O) groups is 3. The van der Waals surface area contributed by atoms with E-state index in [-0.39, 0.29) is 23.8 Å². The van der Waals surface area contributed by atoms with Crippen molar-refractivity contribution < 1.29 is 19.5 Å². The summed E-state index contributed by atoms with van der Waals surface area (Å²) >= 11 is 0. The standard InChI is InChI=1S/C10H10N4O4/c15-6-2-1-5(13-6)9(16)14-8-7(10(17)18)11-3-4-12-8/h3-5H,1-2H2,(H,13,15)(H,17,18)(H,12,14,16). The molecule has 1 fully saturated rings. The number of aromatic nitrogens is 2. The molecule has 3 N–H and O–H groups in total. The highest BCUT2D eigenvalue weighted by molar-refractivity contribution is 6.02. The van der Waals surface area contributed by atoms with Crippen molar-refractivity contribution in [2.24, 2.45) is 0 Å². The van der Waals surface area contributed by atoms with Crippen LogP contribution in [0.5, 0.6) is 0 Å². The molecule has 1 unspecified atom stereocenters. The number of hydrogen-bond donors (Lipinski definition) is 3. The summed E-state index contributed by atoms with van der Waals surface area (Å²) in [5.41, 5.74) is -0.338. The maximum atomic E-state index is 11.7. The zero-order valence-corrected chi connectivity index (χ0v) is 9.21. The van der Waals surface area contributed by atoms with E-state index >= 15 is 0 Å². The number of aromatic carboxylic acids is 1. The Morgan fingerprint density at radius 1 is 1.39 bits per heavy atom. The van der Waals surface area contributed by atoms with Gasteiger partial charge in [-0.25, -0.2) is 14.8 Å². The Morgan fingerprint density at radius 3 is 2.72 bits per heavy atom. The molecule has 2 amide bonds. The molecule has 1 aromatic heterocycles. The van der Waals surface area contributed by atoms with Gasteiger partial charge in [0.15, 0.2) is 11.5 Å². The summed E-state index contributed by atoms with van der Waals surface area (Å²) in [4.78, 5) is 40.9. The maximum Gasteiger partial charge on any atom is 0.358 e. The number of carbonyl (C=O) groups excluding carboxylic acids is 2. The van der Waals surface area contributed by atoms with E-state index in [1.165, 1.54) is 12.4 Å². The van der Waals surface area contributed by atoms with Gasteiger partial charge in [-0.2, -0.15) is 0 Å².